The number of amides is 1. The molecule has 0 bridgehead atoms. The molecule has 20 heavy (non-hydrogen) atoms. The molecule has 1 aliphatic heterocycles. The standard InChI is InChI=1S/C15H14FNO3/c1-9-11-5-4-10(16)8-12(11)20-15(19)13(9)14(18)17-6-2-3-7-17/h4-5,8H,2-3,6-7H2,1H3. The van der Waals surface area contributed by atoms with Gasteiger partial charge in [0, 0.05) is 24.5 Å². The molecular weight excluding hydrogens is 261 g/mol. The van der Waals surface area contributed by atoms with Crippen LogP contribution in [0.2, 0.25) is 0 Å². The van der Waals surface area contributed by atoms with E-state index >= 15 is 0 Å². The molecule has 0 radical (unpaired) electrons. The summed E-state index contributed by atoms with van der Waals surface area (Å²) in [7, 11) is 0. The fourth-order valence-corrected chi connectivity index (χ4v) is 2.66. The SMILES string of the molecule is Cc1c(C(=O)N2CCCC2)c(=O)oc2cc(F)ccc12. The van der Waals surface area contributed by atoms with Crippen molar-refractivity contribution in [2.75, 3.05) is 13.1 Å². The third-order valence-electron chi connectivity index (χ3n) is 3.74. The van der Waals surface area contributed by atoms with Crippen LogP contribution in [0.1, 0.15) is 28.8 Å². The Morgan fingerprint density at radius 2 is 2.00 bits per heavy atom. The Labute approximate surface area is 114 Å². The molecule has 3 rings (SSSR count). The minimum atomic E-state index is -0.697. The molecule has 0 atom stereocenters. The Kier molecular flexibility index (Phi) is 3.04. The molecule has 0 saturated carbocycles. The number of hydrogen-bond acceptors (Lipinski definition) is 3. The van der Waals surface area contributed by atoms with Crippen LogP contribution >= 0.6 is 0 Å². The number of carbonyl (C=O) groups is 1. The van der Waals surface area contributed by atoms with Crippen LogP contribution in [-0.4, -0.2) is 23.9 Å². The summed E-state index contributed by atoms with van der Waals surface area (Å²) in [6, 6.07) is 3.98. The number of hydrogen-bond donors (Lipinski definition) is 0. The Morgan fingerprint density at radius 3 is 2.70 bits per heavy atom. The van der Waals surface area contributed by atoms with E-state index in [0.717, 1.165) is 18.9 Å². The van der Waals surface area contributed by atoms with Gasteiger partial charge in [0.1, 0.15) is 17.0 Å². The van der Waals surface area contributed by atoms with Crippen LogP contribution < -0.4 is 5.63 Å². The number of nitrogens with zero attached hydrogens (tertiary/aromatic N) is 1. The minimum Gasteiger partial charge on any atom is -0.422 e. The monoisotopic (exact) mass is 275 g/mol. The highest BCUT2D eigenvalue weighted by atomic mass is 19.1. The number of likely N-dealkylation sites (tertiary alicyclic amines) is 1. The topological polar surface area (TPSA) is 50.5 Å². The predicted molar refractivity (Wildman–Crippen MR) is 72.3 cm³/mol. The first kappa shape index (κ1) is 12.8. The summed E-state index contributed by atoms with van der Waals surface area (Å²) >= 11 is 0. The van der Waals surface area contributed by atoms with Gasteiger partial charge in [-0.1, -0.05) is 0 Å². The molecule has 0 N–H and O–H groups in total. The quantitative estimate of drug-likeness (QED) is 0.751. The number of rotatable bonds is 1. The maximum absolute atomic E-state index is 13.2. The van der Waals surface area contributed by atoms with Gasteiger partial charge in [0.15, 0.2) is 0 Å². The molecule has 1 aliphatic rings. The van der Waals surface area contributed by atoms with Crippen LogP contribution in [-0.2, 0) is 0 Å². The van der Waals surface area contributed by atoms with E-state index in [1.54, 1.807) is 11.8 Å². The molecular formula is C15H14FNO3. The normalized spacial score (nSPS) is 15.0. The molecule has 2 aromatic rings. The summed E-state index contributed by atoms with van der Waals surface area (Å²) in [5, 5.41) is 0.591. The van der Waals surface area contributed by atoms with Crippen molar-refractivity contribution in [2.45, 2.75) is 19.8 Å². The van der Waals surface area contributed by atoms with Gasteiger partial charge in [-0.05, 0) is 37.5 Å². The Bertz CT molecular complexity index is 745. The third kappa shape index (κ3) is 1.99. The molecule has 1 fully saturated rings. The molecule has 4 nitrogen and oxygen atoms in total. The van der Waals surface area contributed by atoms with E-state index in [1.807, 2.05) is 0 Å². The van der Waals surface area contributed by atoms with Crippen LogP contribution in [0.15, 0.2) is 27.4 Å². The lowest BCUT2D eigenvalue weighted by atomic mass is 10.1. The zero-order chi connectivity index (χ0) is 14.3. The first-order chi connectivity index (χ1) is 9.58. The van der Waals surface area contributed by atoms with Crippen molar-refractivity contribution in [3.8, 4) is 0 Å². The van der Waals surface area contributed by atoms with Crippen LogP contribution in [0.3, 0.4) is 0 Å². The second kappa shape index (κ2) is 4.74. The maximum atomic E-state index is 13.2. The Hall–Kier alpha value is -2.17. The van der Waals surface area contributed by atoms with Crippen molar-refractivity contribution in [2.24, 2.45) is 0 Å². The number of halogens is 1. The van der Waals surface area contributed by atoms with Crippen LogP contribution in [0, 0.1) is 12.7 Å². The lowest BCUT2D eigenvalue weighted by Crippen LogP contribution is -2.32. The van der Waals surface area contributed by atoms with E-state index < -0.39 is 11.4 Å². The summed E-state index contributed by atoms with van der Waals surface area (Å²) < 4.78 is 18.3. The molecule has 1 aromatic carbocycles. The van der Waals surface area contributed by atoms with Gasteiger partial charge in [-0.15, -0.1) is 0 Å². The van der Waals surface area contributed by atoms with Crippen LogP contribution in [0.4, 0.5) is 4.39 Å². The number of fused-ring (bicyclic) bond motifs is 1. The smallest absolute Gasteiger partial charge is 0.349 e. The highest BCUT2D eigenvalue weighted by molar-refractivity contribution is 5.99. The minimum absolute atomic E-state index is 0.0611. The molecule has 0 aliphatic carbocycles. The summed E-state index contributed by atoms with van der Waals surface area (Å²) in [5.74, 6) is -0.765. The molecule has 1 aromatic heterocycles. The maximum Gasteiger partial charge on any atom is 0.349 e. The Morgan fingerprint density at radius 1 is 1.30 bits per heavy atom. The molecule has 2 heterocycles. The summed E-state index contributed by atoms with van der Waals surface area (Å²) in [5.41, 5.74) is 0.0853. The highest BCUT2D eigenvalue weighted by Crippen LogP contribution is 2.22. The van der Waals surface area contributed by atoms with E-state index in [2.05, 4.69) is 0 Å². The zero-order valence-corrected chi connectivity index (χ0v) is 11.1. The van der Waals surface area contributed by atoms with Crippen LogP contribution in [0.25, 0.3) is 11.0 Å². The van der Waals surface area contributed by atoms with Crippen molar-refractivity contribution in [1.82, 2.24) is 4.90 Å². The highest BCUT2D eigenvalue weighted by Gasteiger charge is 2.25. The van der Waals surface area contributed by atoms with Crippen molar-refractivity contribution in [3.63, 3.8) is 0 Å². The first-order valence-electron chi connectivity index (χ1n) is 6.60. The second-order valence-electron chi connectivity index (χ2n) is 5.03. The fraction of sp³-hybridized carbons (Fsp3) is 0.333. The number of carbonyl (C=O) groups excluding carboxylic acids is 1. The molecule has 0 spiro atoms. The average Bonchev–Trinajstić information content (AvgIpc) is 2.91. The summed E-state index contributed by atoms with van der Waals surface area (Å²) in [4.78, 5) is 26.1. The summed E-state index contributed by atoms with van der Waals surface area (Å²) in [6.45, 7) is 3.03. The van der Waals surface area contributed by atoms with Crippen molar-refractivity contribution in [3.05, 3.63) is 45.6 Å². The molecule has 0 unspecified atom stereocenters. The molecule has 104 valence electrons. The predicted octanol–water partition coefficient (Wildman–Crippen LogP) is 2.48. The van der Waals surface area contributed by atoms with Gasteiger partial charge in [0.25, 0.3) is 5.91 Å². The zero-order valence-electron chi connectivity index (χ0n) is 11.1. The van der Waals surface area contributed by atoms with Crippen LogP contribution in [0.5, 0.6) is 0 Å². The molecule has 1 saturated heterocycles. The largest absolute Gasteiger partial charge is 0.422 e. The lowest BCUT2D eigenvalue weighted by molar-refractivity contribution is 0.0788. The van der Waals surface area contributed by atoms with Gasteiger partial charge < -0.3 is 9.32 Å². The molecule has 5 heteroatoms. The first-order valence-corrected chi connectivity index (χ1v) is 6.60. The van der Waals surface area contributed by atoms with Gasteiger partial charge in [-0.3, -0.25) is 4.79 Å². The Balaban J connectivity index is 2.18. The number of benzene rings is 1. The summed E-state index contributed by atoms with van der Waals surface area (Å²) in [6.07, 6.45) is 1.91. The van der Waals surface area contributed by atoms with E-state index in [9.17, 15) is 14.0 Å². The van der Waals surface area contributed by atoms with E-state index in [0.29, 0.717) is 24.0 Å². The lowest BCUT2D eigenvalue weighted by Gasteiger charge is -2.16. The van der Waals surface area contributed by atoms with Gasteiger partial charge in [-0.25, -0.2) is 9.18 Å². The van der Waals surface area contributed by atoms with Gasteiger partial charge in [0.2, 0.25) is 0 Å². The van der Waals surface area contributed by atoms with E-state index in [1.165, 1.54) is 12.1 Å². The average molecular weight is 275 g/mol. The van der Waals surface area contributed by atoms with Crippen molar-refractivity contribution >= 4 is 16.9 Å². The van der Waals surface area contributed by atoms with Gasteiger partial charge in [0.05, 0.1) is 0 Å². The van der Waals surface area contributed by atoms with E-state index in [-0.39, 0.29) is 17.1 Å². The second-order valence-corrected chi connectivity index (χ2v) is 5.03. The van der Waals surface area contributed by atoms with Crippen molar-refractivity contribution < 1.29 is 13.6 Å². The fourth-order valence-electron chi connectivity index (χ4n) is 2.66. The third-order valence-corrected chi connectivity index (χ3v) is 3.74. The van der Waals surface area contributed by atoms with Crippen molar-refractivity contribution in [1.29, 1.82) is 0 Å². The van der Waals surface area contributed by atoms with E-state index in [4.69, 9.17) is 4.42 Å². The number of aryl methyl sites for hydroxylation is 1. The van der Waals surface area contributed by atoms with Gasteiger partial charge >= 0.3 is 5.63 Å². The molecule has 1 amide bonds. The van der Waals surface area contributed by atoms with Gasteiger partial charge in [-0.2, -0.15) is 0 Å².